The number of hydrogen-bond acceptors (Lipinski definition) is 4. The van der Waals surface area contributed by atoms with Crippen molar-refractivity contribution < 1.29 is 9.90 Å². The summed E-state index contributed by atoms with van der Waals surface area (Å²) in [5.41, 5.74) is 5.96. The van der Waals surface area contributed by atoms with Crippen LogP contribution in [0.1, 0.15) is 9.67 Å². The van der Waals surface area contributed by atoms with Crippen molar-refractivity contribution in [1.82, 2.24) is 0 Å². The fraction of sp³-hybridized carbons (Fsp3) is 0. The Balaban J connectivity index is 2.83. The molecule has 0 amide bonds. The van der Waals surface area contributed by atoms with E-state index in [1.807, 2.05) is 0 Å². The van der Waals surface area contributed by atoms with Crippen molar-refractivity contribution in [3.8, 4) is 5.75 Å². The van der Waals surface area contributed by atoms with Gasteiger partial charge in [0.15, 0.2) is 6.29 Å². The number of phenols is 1. The number of nitrogens with two attached hydrogens (primary N) is 1. The van der Waals surface area contributed by atoms with Crippen LogP contribution in [0.15, 0.2) is 18.2 Å². The molecule has 0 aliphatic heterocycles. The predicted octanol–water partition coefficient (Wildman–Crippen LogP) is 2.00. The fourth-order valence-electron chi connectivity index (χ4n) is 1.20. The molecule has 4 heteroatoms. The van der Waals surface area contributed by atoms with Crippen LogP contribution in [0.2, 0.25) is 0 Å². The topological polar surface area (TPSA) is 63.3 Å². The largest absolute Gasteiger partial charge is 0.506 e. The van der Waals surface area contributed by atoms with Crippen molar-refractivity contribution >= 4 is 33.4 Å². The van der Waals surface area contributed by atoms with Gasteiger partial charge in [-0.1, -0.05) is 0 Å². The van der Waals surface area contributed by atoms with Crippen molar-refractivity contribution in [3.63, 3.8) is 0 Å². The lowest BCUT2D eigenvalue weighted by Crippen LogP contribution is -1.84. The number of nitrogen functional groups attached to an aromatic ring is 1. The summed E-state index contributed by atoms with van der Waals surface area (Å²) in [6, 6.07) is 4.96. The number of carbonyl (C=O) groups is 1. The van der Waals surface area contributed by atoms with Crippen LogP contribution in [0.3, 0.4) is 0 Å². The van der Waals surface area contributed by atoms with Crippen molar-refractivity contribution in [1.29, 1.82) is 0 Å². The summed E-state index contributed by atoms with van der Waals surface area (Å²) < 4.78 is 0.914. The van der Waals surface area contributed by atoms with Crippen LogP contribution in [0.5, 0.6) is 5.75 Å². The third-order valence-corrected chi connectivity index (χ3v) is 2.88. The molecule has 3 nitrogen and oxygen atoms in total. The first-order valence-corrected chi connectivity index (χ1v) is 4.50. The molecule has 0 saturated heterocycles. The van der Waals surface area contributed by atoms with E-state index < -0.39 is 0 Å². The number of fused-ring (bicyclic) bond motifs is 1. The summed E-state index contributed by atoms with van der Waals surface area (Å²) in [5, 5.41) is 10.0. The first kappa shape index (κ1) is 8.07. The van der Waals surface area contributed by atoms with Gasteiger partial charge in [0, 0.05) is 10.1 Å². The molecule has 2 rings (SSSR count). The molecule has 1 aromatic heterocycles. The first-order chi connectivity index (χ1) is 6.22. The molecular formula is C9H7NO2S. The first-order valence-electron chi connectivity index (χ1n) is 3.68. The van der Waals surface area contributed by atoms with E-state index >= 15 is 0 Å². The standard InChI is InChI=1S/C9H7NO2S/c10-9-6-3-5(4-11)13-8(6)2-1-7(9)12/h1-4,12H,10H2. The molecule has 0 atom stereocenters. The van der Waals surface area contributed by atoms with Gasteiger partial charge in [-0.3, -0.25) is 4.79 Å². The van der Waals surface area contributed by atoms with Crippen molar-refractivity contribution in [2.45, 2.75) is 0 Å². The number of thiophene rings is 1. The average Bonchev–Trinajstić information content (AvgIpc) is 2.55. The maximum absolute atomic E-state index is 10.5. The predicted molar refractivity (Wildman–Crippen MR) is 53.3 cm³/mol. The second-order valence-corrected chi connectivity index (χ2v) is 3.79. The molecular weight excluding hydrogens is 186 g/mol. The molecule has 1 heterocycles. The fourth-order valence-corrected chi connectivity index (χ4v) is 2.09. The van der Waals surface area contributed by atoms with Gasteiger partial charge in [0.1, 0.15) is 5.75 Å². The molecule has 0 aliphatic carbocycles. The Morgan fingerprint density at radius 3 is 2.92 bits per heavy atom. The smallest absolute Gasteiger partial charge is 0.160 e. The van der Waals surface area contributed by atoms with Gasteiger partial charge in [-0.25, -0.2) is 0 Å². The third-order valence-electron chi connectivity index (χ3n) is 1.85. The zero-order chi connectivity index (χ0) is 9.42. The van der Waals surface area contributed by atoms with Gasteiger partial charge in [0.05, 0.1) is 10.6 Å². The summed E-state index contributed by atoms with van der Waals surface area (Å²) in [5.74, 6) is 0.0581. The number of anilines is 1. The van der Waals surface area contributed by atoms with E-state index in [-0.39, 0.29) is 5.75 Å². The highest BCUT2D eigenvalue weighted by Crippen LogP contribution is 2.34. The third kappa shape index (κ3) is 1.15. The lowest BCUT2D eigenvalue weighted by molar-refractivity contribution is 0.112. The van der Waals surface area contributed by atoms with Crippen LogP contribution in [-0.2, 0) is 0 Å². The summed E-state index contributed by atoms with van der Waals surface area (Å²) in [4.78, 5) is 11.1. The molecule has 0 bridgehead atoms. The van der Waals surface area contributed by atoms with Gasteiger partial charge < -0.3 is 10.8 Å². The zero-order valence-electron chi connectivity index (χ0n) is 6.65. The van der Waals surface area contributed by atoms with Gasteiger partial charge in [0.2, 0.25) is 0 Å². The quantitative estimate of drug-likeness (QED) is 0.413. The summed E-state index contributed by atoms with van der Waals surface area (Å²) >= 11 is 1.36. The van der Waals surface area contributed by atoms with E-state index in [1.165, 1.54) is 17.4 Å². The minimum absolute atomic E-state index is 0.0581. The molecule has 0 unspecified atom stereocenters. The Morgan fingerprint density at radius 1 is 1.46 bits per heavy atom. The van der Waals surface area contributed by atoms with Crippen LogP contribution >= 0.6 is 11.3 Å². The van der Waals surface area contributed by atoms with E-state index in [0.29, 0.717) is 10.6 Å². The van der Waals surface area contributed by atoms with E-state index in [2.05, 4.69) is 0 Å². The molecule has 0 aliphatic rings. The van der Waals surface area contributed by atoms with Crippen LogP contribution < -0.4 is 5.73 Å². The lowest BCUT2D eigenvalue weighted by atomic mass is 10.2. The van der Waals surface area contributed by atoms with Gasteiger partial charge in [-0.15, -0.1) is 11.3 Å². The number of carbonyl (C=O) groups excluding carboxylic acids is 1. The Morgan fingerprint density at radius 2 is 2.23 bits per heavy atom. The molecule has 13 heavy (non-hydrogen) atoms. The second-order valence-electron chi connectivity index (χ2n) is 2.68. The van der Waals surface area contributed by atoms with E-state index in [1.54, 1.807) is 12.1 Å². The van der Waals surface area contributed by atoms with Gasteiger partial charge >= 0.3 is 0 Å². The number of aromatic hydroxyl groups is 1. The molecule has 0 saturated carbocycles. The second kappa shape index (κ2) is 2.74. The number of hydrogen-bond donors (Lipinski definition) is 2. The number of rotatable bonds is 1. The molecule has 2 aromatic rings. The number of aldehydes is 1. The maximum Gasteiger partial charge on any atom is 0.160 e. The SMILES string of the molecule is Nc1c(O)ccc2sc(C=O)cc12. The van der Waals surface area contributed by atoms with Crippen LogP contribution in [0, 0.1) is 0 Å². The van der Waals surface area contributed by atoms with E-state index in [9.17, 15) is 9.90 Å². The Hall–Kier alpha value is -1.55. The van der Waals surface area contributed by atoms with Gasteiger partial charge in [-0.05, 0) is 18.2 Å². The Bertz CT molecular complexity index is 476. The minimum Gasteiger partial charge on any atom is -0.506 e. The molecule has 0 spiro atoms. The van der Waals surface area contributed by atoms with Crippen molar-refractivity contribution in [2.24, 2.45) is 0 Å². The summed E-state index contributed by atoms with van der Waals surface area (Å²) in [6.45, 7) is 0. The Labute approximate surface area is 78.4 Å². The molecule has 0 radical (unpaired) electrons. The van der Waals surface area contributed by atoms with Gasteiger partial charge in [0.25, 0.3) is 0 Å². The van der Waals surface area contributed by atoms with Crippen LogP contribution in [-0.4, -0.2) is 11.4 Å². The summed E-state index contributed by atoms with van der Waals surface area (Å²) in [7, 11) is 0. The zero-order valence-corrected chi connectivity index (χ0v) is 7.47. The normalized spacial score (nSPS) is 10.5. The van der Waals surface area contributed by atoms with E-state index in [4.69, 9.17) is 5.73 Å². The highest BCUT2D eigenvalue weighted by atomic mass is 32.1. The summed E-state index contributed by atoms with van der Waals surface area (Å²) in [6.07, 6.45) is 0.779. The minimum atomic E-state index is 0.0581. The van der Waals surface area contributed by atoms with Gasteiger partial charge in [-0.2, -0.15) is 0 Å². The van der Waals surface area contributed by atoms with Crippen molar-refractivity contribution in [2.75, 3.05) is 5.73 Å². The Kier molecular flexibility index (Phi) is 1.70. The molecule has 66 valence electrons. The highest BCUT2D eigenvalue weighted by Gasteiger charge is 2.06. The molecule has 0 fully saturated rings. The molecule has 3 N–H and O–H groups in total. The van der Waals surface area contributed by atoms with Crippen LogP contribution in [0.25, 0.3) is 10.1 Å². The average molecular weight is 193 g/mol. The monoisotopic (exact) mass is 193 g/mol. The van der Waals surface area contributed by atoms with Crippen molar-refractivity contribution in [3.05, 3.63) is 23.1 Å². The highest BCUT2D eigenvalue weighted by molar-refractivity contribution is 7.20. The van der Waals surface area contributed by atoms with E-state index in [0.717, 1.165) is 16.4 Å². The maximum atomic E-state index is 10.5. The number of phenolic OH excluding ortho intramolecular Hbond substituents is 1. The van der Waals surface area contributed by atoms with Crippen LogP contribution in [0.4, 0.5) is 5.69 Å². The number of benzene rings is 1. The molecule has 1 aromatic carbocycles. The lowest BCUT2D eigenvalue weighted by Gasteiger charge is -1.97.